The van der Waals surface area contributed by atoms with Crippen LogP contribution in [0, 0.1) is 5.92 Å². The lowest BCUT2D eigenvalue weighted by atomic mass is 9.99. The minimum Gasteiger partial charge on any atom is -0.475 e. The molecule has 2 unspecified atom stereocenters. The van der Waals surface area contributed by atoms with Crippen LogP contribution in [0.4, 0.5) is 8.78 Å². The highest BCUT2D eigenvalue weighted by Gasteiger charge is 2.33. The molecule has 0 aliphatic rings. The lowest BCUT2D eigenvalue weighted by Crippen LogP contribution is -2.57. The van der Waals surface area contributed by atoms with Crippen LogP contribution in [0.1, 0.15) is 52.5 Å². The van der Waals surface area contributed by atoms with Crippen LogP contribution in [0.25, 0.3) is 0 Å². The van der Waals surface area contributed by atoms with Gasteiger partial charge in [-0.3, -0.25) is 14.4 Å². The van der Waals surface area contributed by atoms with Gasteiger partial charge in [0.2, 0.25) is 18.2 Å². The van der Waals surface area contributed by atoms with Gasteiger partial charge in [0.25, 0.3) is 5.78 Å². The number of carboxylic acids is 1. The molecule has 0 aromatic heterocycles. The molecular weight excluding hydrogens is 448 g/mol. The van der Waals surface area contributed by atoms with Crippen molar-refractivity contribution in [2.45, 2.75) is 84.0 Å². The van der Waals surface area contributed by atoms with Crippen molar-refractivity contribution < 1.29 is 33.1 Å². The van der Waals surface area contributed by atoms with Crippen LogP contribution in [0.2, 0.25) is 0 Å². The highest BCUT2D eigenvalue weighted by molar-refractivity contribution is 6.35. The molecule has 0 bridgehead atoms. The van der Waals surface area contributed by atoms with Gasteiger partial charge in [-0.25, -0.2) is 13.6 Å². The van der Waals surface area contributed by atoms with Crippen molar-refractivity contribution in [2.75, 3.05) is 0 Å². The lowest BCUT2D eigenvalue weighted by Gasteiger charge is -2.27. The highest BCUT2D eigenvalue weighted by atomic mass is 19.3. The van der Waals surface area contributed by atoms with Gasteiger partial charge in [-0.1, -0.05) is 51.1 Å². The first-order valence-corrected chi connectivity index (χ1v) is 11.4. The van der Waals surface area contributed by atoms with E-state index in [1.165, 1.54) is 0 Å². The van der Waals surface area contributed by atoms with Gasteiger partial charge in [-0.2, -0.15) is 0 Å². The third kappa shape index (κ3) is 10.4. The summed E-state index contributed by atoms with van der Waals surface area (Å²) in [7, 11) is 0. The molecule has 10 heteroatoms. The molecule has 2 amide bonds. The maximum Gasteiger partial charge on any atom is 0.374 e. The van der Waals surface area contributed by atoms with Crippen molar-refractivity contribution in [3.05, 3.63) is 35.9 Å². The number of alkyl halides is 2. The Morgan fingerprint density at radius 1 is 0.882 bits per heavy atom. The molecule has 4 N–H and O–H groups in total. The number of hydrogen-bond donors (Lipinski definition) is 4. The van der Waals surface area contributed by atoms with E-state index in [0.717, 1.165) is 12.0 Å². The number of hydrogen-bond acceptors (Lipinski definition) is 5. The van der Waals surface area contributed by atoms with Crippen LogP contribution >= 0.6 is 0 Å². The number of aliphatic carboxylic acids is 1. The minimum atomic E-state index is -3.00. The molecule has 1 aromatic rings. The number of rotatable bonds is 15. The fourth-order valence-electron chi connectivity index (χ4n) is 3.34. The summed E-state index contributed by atoms with van der Waals surface area (Å²) >= 11 is 0. The topological polar surface area (TPSA) is 125 Å². The molecule has 8 nitrogen and oxygen atoms in total. The lowest BCUT2D eigenvalue weighted by molar-refractivity contribution is -0.151. The Kier molecular flexibility index (Phi) is 12.3. The molecule has 4 atom stereocenters. The van der Waals surface area contributed by atoms with Crippen molar-refractivity contribution >= 4 is 23.6 Å². The molecule has 0 spiro atoms. The number of carbonyl (C=O) groups is 4. The number of Topliss-reactive ketones (excluding diaryl/α,β-unsaturated/α-hetero) is 1. The maximum absolute atomic E-state index is 13.2. The maximum atomic E-state index is 13.2. The van der Waals surface area contributed by atoms with E-state index in [1.807, 2.05) is 58.0 Å². The average Bonchev–Trinajstić information content (AvgIpc) is 2.76. The van der Waals surface area contributed by atoms with Crippen LogP contribution in [-0.4, -0.2) is 59.3 Å². The first-order valence-electron chi connectivity index (χ1n) is 11.4. The zero-order valence-corrected chi connectivity index (χ0v) is 20.0. The van der Waals surface area contributed by atoms with E-state index in [2.05, 4.69) is 16.0 Å². The third-order valence-electron chi connectivity index (χ3n) is 5.29. The largest absolute Gasteiger partial charge is 0.475 e. The van der Waals surface area contributed by atoms with Gasteiger partial charge in [-0.05, 0) is 37.7 Å². The normalized spacial score (nSPS) is 14.8. The molecule has 0 aliphatic heterocycles. The molecule has 34 heavy (non-hydrogen) atoms. The standard InChI is InChI=1S/C24H35F2N3O5/c1-5-15(4)27-19(12-16-9-7-6-8-10-16)23(32)29-18(11-14(2)3)22(31)28-17(13-20(25)26)21(30)24(33)34/h6-10,14-15,17-20,27H,5,11-13H2,1-4H3,(H,28,31)(H,29,32)(H,33,34)/t15?,17?,18-,19-/m0/s1. The van der Waals surface area contributed by atoms with Gasteiger partial charge in [0.15, 0.2) is 0 Å². The molecule has 0 fully saturated rings. The fraction of sp³-hybridized carbons (Fsp3) is 0.583. The van der Waals surface area contributed by atoms with E-state index in [4.69, 9.17) is 5.11 Å². The second-order valence-electron chi connectivity index (χ2n) is 8.77. The Labute approximate surface area is 198 Å². The summed E-state index contributed by atoms with van der Waals surface area (Å²) in [5, 5.41) is 16.9. The molecule has 1 aromatic carbocycles. The van der Waals surface area contributed by atoms with E-state index in [-0.39, 0.29) is 18.4 Å². The summed E-state index contributed by atoms with van der Waals surface area (Å²) in [6.07, 6.45) is -2.84. The summed E-state index contributed by atoms with van der Waals surface area (Å²) < 4.78 is 25.7. The summed E-state index contributed by atoms with van der Waals surface area (Å²) in [6, 6.07) is 5.64. The number of nitrogens with one attached hydrogen (secondary N) is 3. The van der Waals surface area contributed by atoms with Crippen molar-refractivity contribution in [1.29, 1.82) is 0 Å². The molecule has 0 radical (unpaired) electrons. The Morgan fingerprint density at radius 3 is 1.94 bits per heavy atom. The van der Waals surface area contributed by atoms with Crippen molar-refractivity contribution in [1.82, 2.24) is 16.0 Å². The predicted octanol–water partition coefficient (Wildman–Crippen LogP) is 2.31. The fourth-order valence-corrected chi connectivity index (χ4v) is 3.34. The highest BCUT2D eigenvalue weighted by Crippen LogP contribution is 2.11. The Morgan fingerprint density at radius 2 is 1.44 bits per heavy atom. The summed E-state index contributed by atoms with van der Waals surface area (Å²) in [5.74, 6) is -4.86. The number of carboxylic acid groups (broad SMARTS) is 1. The smallest absolute Gasteiger partial charge is 0.374 e. The molecule has 0 aliphatic carbocycles. The van der Waals surface area contributed by atoms with E-state index >= 15 is 0 Å². The van der Waals surface area contributed by atoms with Gasteiger partial charge in [0, 0.05) is 12.5 Å². The zero-order valence-electron chi connectivity index (χ0n) is 20.0. The zero-order chi connectivity index (χ0) is 25.8. The van der Waals surface area contributed by atoms with Crippen LogP contribution < -0.4 is 16.0 Å². The molecule has 190 valence electrons. The second-order valence-corrected chi connectivity index (χ2v) is 8.77. The average molecular weight is 484 g/mol. The number of amides is 2. The number of carbonyl (C=O) groups excluding carboxylic acids is 3. The van der Waals surface area contributed by atoms with Gasteiger partial charge in [0.1, 0.15) is 12.1 Å². The van der Waals surface area contributed by atoms with Gasteiger partial charge < -0.3 is 21.1 Å². The predicted molar refractivity (Wildman–Crippen MR) is 123 cm³/mol. The van der Waals surface area contributed by atoms with Crippen molar-refractivity contribution in [2.24, 2.45) is 5.92 Å². The van der Waals surface area contributed by atoms with Gasteiger partial charge in [-0.15, -0.1) is 0 Å². The van der Waals surface area contributed by atoms with Crippen molar-refractivity contribution in [3.8, 4) is 0 Å². The number of benzene rings is 1. The summed E-state index contributed by atoms with van der Waals surface area (Å²) in [4.78, 5) is 48.8. The summed E-state index contributed by atoms with van der Waals surface area (Å²) in [5.41, 5.74) is 0.910. The quantitative estimate of drug-likeness (QED) is 0.284. The molecule has 0 heterocycles. The molecular formula is C24H35F2N3O5. The van der Waals surface area contributed by atoms with E-state index in [1.54, 1.807) is 0 Å². The van der Waals surface area contributed by atoms with Crippen LogP contribution in [0.5, 0.6) is 0 Å². The van der Waals surface area contributed by atoms with Gasteiger partial charge >= 0.3 is 5.97 Å². The van der Waals surface area contributed by atoms with Crippen LogP contribution in [-0.2, 0) is 25.6 Å². The van der Waals surface area contributed by atoms with Gasteiger partial charge in [0.05, 0.1) is 6.04 Å². The monoisotopic (exact) mass is 483 g/mol. The number of halogens is 2. The Balaban J connectivity index is 3.06. The minimum absolute atomic E-state index is 0.0143. The Hall–Kier alpha value is -2.88. The molecule has 0 saturated heterocycles. The summed E-state index contributed by atoms with van der Waals surface area (Å²) in [6.45, 7) is 7.51. The van der Waals surface area contributed by atoms with E-state index < -0.39 is 54.5 Å². The van der Waals surface area contributed by atoms with Crippen LogP contribution in [0.3, 0.4) is 0 Å². The molecule has 1 rings (SSSR count). The van der Waals surface area contributed by atoms with Crippen molar-refractivity contribution in [3.63, 3.8) is 0 Å². The SMILES string of the molecule is CCC(C)N[C@@H](Cc1ccccc1)C(=O)N[C@@H](CC(C)C)C(=O)NC(CC(F)F)C(=O)C(=O)O. The van der Waals surface area contributed by atoms with E-state index in [0.29, 0.717) is 6.42 Å². The first kappa shape index (κ1) is 29.2. The first-order chi connectivity index (χ1) is 15.9. The Bertz CT molecular complexity index is 820. The van der Waals surface area contributed by atoms with Crippen LogP contribution in [0.15, 0.2) is 30.3 Å². The second kappa shape index (κ2) is 14.4. The number of ketones is 1. The molecule has 0 saturated carbocycles. The van der Waals surface area contributed by atoms with E-state index in [9.17, 15) is 28.0 Å². The third-order valence-corrected chi connectivity index (χ3v) is 5.29.